The van der Waals surface area contributed by atoms with Crippen molar-refractivity contribution in [2.75, 3.05) is 0 Å². The summed E-state index contributed by atoms with van der Waals surface area (Å²) >= 11 is 13.0. The molecule has 0 radical (unpaired) electrons. The molecule has 0 amide bonds. The minimum atomic E-state index is -2.89. The van der Waals surface area contributed by atoms with Crippen LogP contribution in [-0.2, 0) is 4.12 Å². The molecular weight excluding hydrogens is 311 g/mol. The van der Waals surface area contributed by atoms with E-state index in [0.717, 1.165) is 5.19 Å². The van der Waals surface area contributed by atoms with Gasteiger partial charge in [0.05, 0.1) is 0 Å². The van der Waals surface area contributed by atoms with Crippen molar-refractivity contribution in [2.24, 2.45) is 0 Å². The van der Waals surface area contributed by atoms with E-state index in [0.29, 0.717) is 0 Å². The van der Waals surface area contributed by atoms with Crippen LogP contribution in [0.4, 0.5) is 0 Å². The third-order valence-electron chi connectivity index (χ3n) is 2.96. The molecule has 2 aromatic carbocycles. The Morgan fingerprint density at radius 2 is 1.16 bits per heavy atom. The highest BCUT2D eigenvalue weighted by atomic mass is 35.7. The molecule has 2 aromatic rings. The van der Waals surface area contributed by atoms with Gasteiger partial charge in [-0.05, 0) is 23.5 Å². The molecule has 0 unspecified atom stereocenters. The van der Waals surface area contributed by atoms with Crippen LogP contribution in [0, 0.1) is 0 Å². The first-order valence-corrected chi connectivity index (χ1v) is 12.9. The van der Waals surface area contributed by atoms with Crippen LogP contribution in [0.15, 0.2) is 60.7 Å². The molecule has 2 rings (SSSR count). The molecule has 0 aromatic heterocycles. The van der Waals surface area contributed by atoms with E-state index in [1.807, 2.05) is 48.5 Å². The van der Waals surface area contributed by atoms with E-state index in [1.54, 1.807) is 0 Å². The number of hydrogen-bond acceptors (Lipinski definition) is 1. The molecule has 0 spiro atoms. The topological polar surface area (TPSA) is 9.23 Å². The van der Waals surface area contributed by atoms with Crippen LogP contribution < -0.4 is 10.4 Å². The summed E-state index contributed by atoms with van der Waals surface area (Å²) in [5.41, 5.74) is 0. The van der Waals surface area contributed by atoms with Gasteiger partial charge in [0.2, 0.25) is 8.32 Å². The van der Waals surface area contributed by atoms with Gasteiger partial charge in [-0.1, -0.05) is 60.7 Å². The van der Waals surface area contributed by atoms with Gasteiger partial charge in [-0.25, -0.2) is 0 Å². The van der Waals surface area contributed by atoms with Gasteiger partial charge in [-0.3, -0.25) is 0 Å². The highest BCUT2D eigenvalue weighted by Gasteiger charge is 2.41. The quantitative estimate of drug-likeness (QED) is 0.617. The minimum absolute atomic E-state index is 0.898. The summed E-state index contributed by atoms with van der Waals surface area (Å²) in [6, 6.07) is 19.9. The molecule has 5 heteroatoms. The summed E-state index contributed by atoms with van der Waals surface area (Å²) in [4.78, 5) is 0. The number of hydrogen-bond donors (Lipinski definition) is 0. The van der Waals surface area contributed by atoms with Crippen molar-refractivity contribution in [1.29, 1.82) is 0 Å². The zero-order valence-corrected chi connectivity index (χ0v) is 14.4. The van der Waals surface area contributed by atoms with E-state index in [9.17, 15) is 0 Å². The first-order valence-electron chi connectivity index (χ1n) is 6.11. The summed E-state index contributed by atoms with van der Waals surface area (Å²) in [5, 5.41) is 2.10. The second kappa shape index (κ2) is 5.81. The van der Waals surface area contributed by atoms with E-state index >= 15 is 0 Å². The standard InChI is InChI=1S/C14H16Cl2OSi2/c1-18(2,13-9-5-3-6-10-13)17-19(15,16)14-11-7-4-8-12-14/h3-12H,1-2H3. The Kier molecular flexibility index (Phi) is 4.53. The summed E-state index contributed by atoms with van der Waals surface area (Å²) < 4.78 is 6.21. The Hall–Kier alpha value is -0.586. The van der Waals surface area contributed by atoms with Crippen molar-refractivity contribution >= 4 is 47.8 Å². The van der Waals surface area contributed by atoms with Gasteiger partial charge in [0.1, 0.15) is 0 Å². The highest BCUT2D eigenvalue weighted by molar-refractivity contribution is 7.49. The summed E-state index contributed by atoms with van der Waals surface area (Å²) in [6.07, 6.45) is 0. The van der Waals surface area contributed by atoms with E-state index in [2.05, 4.69) is 25.2 Å². The van der Waals surface area contributed by atoms with Gasteiger partial charge >= 0.3 is 6.94 Å². The van der Waals surface area contributed by atoms with Gasteiger partial charge < -0.3 is 4.12 Å². The first-order chi connectivity index (χ1) is 8.92. The molecule has 19 heavy (non-hydrogen) atoms. The molecule has 0 aliphatic carbocycles. The third kappa shape index (κ3) is 3.71. The Morgan fingerprint density at radius 3 is 1.63 bits per heavy atom. The maximum atomic E-state index is 6.51. The van der Waals surface area contributed by atoms with Crippen LogP contribution >= 0.6 is 22.2 Å². The second-order valence-electron chi connectivity index (χ2n) is 4.86. The van der Waals surface area contributed by atoms with Crippen molar-refractivity contribution in [2.45, 2.75) is 13.1 Å². The first kappa shape index (κ1) is 14.8. The molecule has 0 bridgehead atoms. The highest BCUT2D eigenvalue weighted by Crippen LogP contribution is 2.22. The summed E-state index contributed by atoms with van der Waals surface area (Å²) in [7, 11) is -2.10. The monoisotopic (exact) mass is 326 g/mol. The van der Waals surface area contributed by atoms with Crippen molar-refractivity contribution < 1.29 is 4.12 Å². The molecule has 0 fully saturated rings. The molecule has 100 valence electrons. The van der Waals surface area contributed by atoms with Crippen LogP contribution in [0.3, 0.4) is 0 Å². The second-order valence-corrected chi connectivity index (χ2v) is 14.7. The predicted molar refractivity (Wildman–Crippen MR) is 88.2 cm³/mol. The Balaban J connectivity index is 2.25. The zero-order valence-electron chi connectivity index (χ0n) is 10.9. The number of rotatable bonds is 4. The van der Waals surface area contributed by atoms with E-state index in [1.165, 1.54) is 5.19 Å². The number of halogens is 2. The normalized spacial score (nSPS) is 12.4. The number of benzene rings is 2. The fraction of sp³-hybridized carbons (Fsp3) is 0.143. The molecule has 0 heterocycles. The Labute approximate surface area is 125 Å². The SMILES string of the molecule is C[Si](C)(O[Si](Cl)(Cl)c1ccccc1)c1ccccc1. The van der Waals surface area contributed by atoms with Crippen molar-refractivity contribution in [3.05, 3.63) is 60.7 Å². The maximum Gasteiger partial charge on any atom is 0.413 e. The maximum absolute atomic E-state index is 6.51. The third-order valence-corrected chi connectivity index (χ3v) is 11.5. The smallest absolute Gasteiger partial charge is 0.413 e. The lowest BCUT2D eigenvalue weighted by Gasteiger charge is -2.30. The molecule has 0 aliphatic heterocycles. The Morgan fingerprint density at radius 1 is 0.737 bits per heavy atom. The average molecular weight is 327 g/mol. The van der Waals surface area contributed by atoms with Gasteiger partial charge in [0, 0.05) is 0 Å². The largest absolute Gasteiger partial charge is 0.427 e. The lowest BCUT2D eigenvalue weighted by Crippen LogP contribution is -2.55. The van der Waals surface area contributed by atoms with Crippen LogP contribution in [0.1, 0.15) is 0 Å². The summed E-state index contributed by atoms with van der Waals surface area (Å²) in [6.45, 7) is 1.35. The van der Waals surface area contributed by atoms with Crippen LogP contribution in [0.25, 0.3) is 0 Å². The van der Waals surface area contributed by atoms with Crippen molar-refractivity contribution in [3.63, 3.8) is 0 Å². The van der Waals surface area contributed by atoms with E-state index in [4.69, 9.17) is 26.3 Å². The van der Waals surface area contributed by atoms with Crippen molar-refractivity contribution in [1.82, 2.24) is 0 Å². The van der Waals surface area contributed by atoms with Gasteiger partial charge in [0.25, 0.3) is 0 Å². The van der Waals surface area contributed by atoms with Gasteiger partial charge in [-0.15, -0.1) is 22.2 Å². The van der Waals surface area contributed by atoms with Gasteiger partial charge in [-0.2, -0.15) is 0 Å². The lowest BCUT2D eigenvalue weighted by atomic mass is 10.4. The van der Waals surface area contributed by atoms with Crippen LogP contribution in [0.2, 0.25) is 13.1 Å². The summed E-state index contributed by atoms with van der Waals surface area (Å²) in [5.74, 6) is 0. The fourth-order valence-corrected chi connectivity index (χ4v) is 11.2. The lowest BCUT2D eigenvalue weighted by molar-refractivity contribution is 0.601. The molecule has 0 saturated heterocycles. The minimum Gasteiger partial charge on any atom is -0.427 e. The van der Waals surface area contributed by atoms with E-state index in [-0.39, 0.29) is 0 Å². The van der Waals surface area contributed by atoms with Crippen molar-refractivity contribution in [3.8, 4) is 0 Å². The predicted octanol–water partition coefficient (Wildman–Crippen LogP) is 3.44. The van der Waals surface area contributed by atoms with Gasteiger partial charge in [0.15, 0.2) is 0 Å². The zero-order chi connectivity index (χ0) is 13.9. The Bertz CT molecular complexity index is 480. The molecule has 0 aliphatic rings. The average Bonchev–Trinajstić information content (AvgIpc) is 2.40. The molecule has 0 atom stereocenters. The molecule has 1 nitrogen and oxygen atoms in total. The van der Waals surface area contributed by atoms with Crippen LogP contribution in [0.5, 0.6) is 0 Å². The molecule has 0 N–H and O–H groups in total. The molecule has 0 saturated carbocycles. The van der Waals surface area contributed by atoms with Crippen LogP contribution in [-0.4, -0.2) is 15.3 Å². The molecular formula is C14H16Cl2OSi2. The fourth-order valence-electron chi connectivity index (χ4n) is 1.91. The van der Waals surface area contributed by atoms with E-state index < -0.39 is 15.3 Å².